The SMILES string of the molecule is CCCCOc1ccc(Cc2cc([C@@H]3OC(OC(C)=O)[C@@H](OC(C)=O)[C@H](OC(C)=O)[C@H]3OC(C)=O)ccc2C)cc1. The molecule has 0 bridgehead atoms. The summed E-state index contributed by atoms with van der Waals surface area (Å²) in [5.41, 5.74) is 3.64. The fourth-order valence-corrected chi connectivity index (χ4v) is 4.62. The van der Waals surface area contributed by atoms with Gasteiger partial charge in [-0.15, -0.1) is 0 Å². The molecule has 1 aliphatic rings. The average Bonchev–Trinajstić information content (AvgIpc) is 2.89. The number of benzene rings is 2. The van der Waals surface area contributed by atoms with Crippen molar-refractivity contribution in [2.75, 3.05) is 6.61 Å². The lowest BCUT2D eigenvalue weighted by atomic mass is 9.90. The van der Waals surface area contributed by atoms with E-state index < -0.39 is 54.6 Å². The van der Waals surface area contributed by atoms with Crippen molar-refractivity contribution in [2.45, 2.75) is 91.5 Å². The Kier molecular flexibility index (Phi) is 11.3. The highest BCUT2D eigenvalue weighted by atomic mass is 16.7. The molecule has 0 radical (unpaired) electrons. The summed E-state index contributed by atoms with van der Waals surface area (Å²) in [4.78, 5) is 48.1. The first-order valence-electron chi connectivity index (χ1n) is 13.6. The van der Waals surface area contributed by atoms with Crippen LogP contribution < -0.4 is 4.74 Å². The molecule has 2 aromatic rings. The van der Waals surface area contributed by atoms with Crippen molar-refractivity contribution in [1.82, 2.24) is 0 Å². The van der Waals surface area contributed by atoms with Gasteiger partial charge in [-0.05, 0) is 54.2 Å². The van der Waals surface area contributed by atoms with Crippen LogP contribution in [0.15, 0.2) is 42.5 Å². The van der Waals surface area contributed by atoms with Gasteiger partial charge in [-0.1, -0.05) is 43.7 Å². The van der Waals surface area contributed by atoms with E-state index in [1.807, 2.05) is 43.3 Å². The zero-order valence-corrected chi connectivity index (χ0v) is 24.3. The minimum atomic E-state index is -1.43. The monoisotopic (exact) mass is 570 g/mol. The van der Waals surface area contributed by atoms with Gasteiger partial charge in [-0.25, -0.2) is 0 Å². The maximum Gasteiger partial charge on any atom is 0.305 e. The van der Waals surface area contributed by atoms with E-state index in [9.17, 15) is 19.2 Å². The quantitative estimate of drug-likeness (QED) is 0.216. The van der Waals surface area contributed by atoms with Gasteiger partial charge in [0.05, 0.1) is 6.61 Å². The van der Waals surface area contributed by atoms with Crippen LogP contribution in [0.4, 0.5) is 0 Å². The molecule has 10 heteroatoms. The highest BCUT2D eigenvalue weighted by Crippen LogP contribution is 2.38. The van der Waals surface area contributed by atoms with Gasteiger partial charge < -0.3 is 28.4 Å². The van der Waals surface area contributed by atoms with Crippen molar-refractivity contribution in [1.29, 1.82) is 0 Å². The second-order valence-corrected chi connectivity index (χ2v) is 9.97. The summed E-state index contributed by atoms with van der Waals surface area (Å²) in [5, 5.41) is 0. The zero-order chi connectivity index (χ0) is 30.1. The summed E-state index contributed by atoms with van der Waals surface area (Å²) in [5.74, 6) is -2.00. The average molecular weight is 571 g/mol. The predicted octanol–water partition coefficient (Wildman–Crippen LogP) is 4.52. The Morgan fingerprint density at radius 2 is 1.34 bits per heavy atom. The predicted molar refractivity (Wildman–Crippen MR) is 147 cm³/mol. The summed E-state index contributed by atoms with van der Waals surface area (Å²) in [6.07, 6.45) is -3.69. The van der Waals surface area contributed by atoms with Crippen LogP contribution in [0, 0.1) is 6.92 Å². The molecule has 2 aromatic carbocycles. The first-order valence-corrected chi connectivity index (χ1v) is 13.6. The van der Waals surface area contributed by atoms with E-state index in [0.29, 0.717) is 18.6 Å². The molecule has 222 valence electrons. The number of hydrogen-bond donors (Lipinski definition) is 0. The van der Waals surface area contributed by atoms with Crippen LogP contribution >= 0.6 is 0 Å². The van der Waals surface area contributed by atoms with Gasteiger partial charge in [-0.3, -0.25) is 19.2 Å². The first-order chi connectivity index (χ1) is 19.5. The Balaban J connectivity index is 1.98. The molecule has 0 aliphatic carbocycles. The van der Waals surface area contributed by atoms with Crippen LogP contribution in [0.2, 0.25) is 0 Å². The Hall–Kier alpha value is -3.92. The molecule has 5 atom stereocenters. The first kappa shape index (κ1) is 31.6. The van der Waals surface area contributed by atoms with Crippen molar-refractivity contribution >= 4 is 23.9 Å². The van der Waals surface area contributed by atoms with Crippen LogP contribution in [0.3, 0.4) is 0 Å². The van der Waals surface area contributed by atoms with E-state index in [4.69, 9.17) is 28.4 Å². The van der Waals surface area contributed by atoms with Crippen LogP contribution in [0.5, 0.6) is 5.75 Å². The number of carbonyl (C=O) groups is 4. The van der Waals surface area contributed by atoms with Gasteiger partial charge in [0.1, 0.15) is 11.9 Å². The number of hydrogen-bond acceptors (Lipinski definition) is 10. The van der Waals surface area contributed by atoms with Crippen LogP contribution in [0.1, 0.15) is 75.8 Å². The molecule has 0 amide bonds. The van der Waals surface area contributed by atoms with Crippen molar-refractivity contribution in [3.8, 4) is 5.75 Å². The van der Waals surface area contributed by atoms with Crippen LogP contribution in [-0.2, 0) is 49.3 Å². The third-order valence-corrected chi connectivity index (χ3v) is 6.47. The molecule has 0 aromatic heterocycles. The van der Waals surface area contributed by atoms with Gasteiger partial charge >= 0.3 is 23.9 Å². The smallest absolute Gasteiger partial charge is 0.305 e. The summed E-state index contributed by atoms with van der Waals surface area (Å²) >= 11 is 0. The fourth-order valence-electron chi connectivity index (χ4n) is 4.62. The molecule has 1 heterocycles. The number of carbonyl (C=O) groups excluding carboxylic acids is 4. The minimum absolute atomic E-state index is 0.590. The maximum absolute atomic E-state index is 12.2. The lowest BCUT2D eigenvalue weighted by Gasteiger charge is -2.44. The molecule has 0 saturated carbocycles. The number of esters is 4. The molecule has 1 fully saturated rings. The van der Waals surface area contributed by atoms with E-state index in [1.54, 1.807) is 6.07 Å². The molecule has 41 heavy (non-hydrogen) atoms. The van der Waals surface area contributed by atoms with E-state index >= 15 is 0 Å². The van der Waals surface area contributed by atoms with Gasteiger partial charge in [0, 0.05) is 27.7 Å². The largest absolute Gasteiger partial charge is 0.494 e. The Bertz CT molecular complexity index is 1220. The van der Waals surface area contributed by atoms with E-state index in [0.717, 1.165) is 42.2 Å². The van der Waals surface area contributed by atoms with Crippen molar-refractivity contribution < 1.29 is 47.6 Å². The lowest BCUT2D eigenvalue weighted by Crippen LogP contribution is -2.59. The van der Waals surface area contributed by atoms with E-state index in [-0.39, 0.29) is 0 Å². The molecule has 1 unspecified atom stereocenters. The second-order valence-electron chi connectivity index (χ2n) is 9.97. The van der Waals surface area contributed by atoms with Gasteiger partial charge in [0.2, 0.25) is 12.4 Å². The number of unbranched alkanes of at least 4 members (excludes halogenated alkanes) is 1. The maximum atomic E-state index is 12.2. The number of ether oxygens (including phenoxy) is 6. The van der Waals surface area contributed by atoms with Gasteiger partial charge in [0.25, 0.3) is 0 Å². The lowest BCUT2D eigenvalue weighted by molar-refractivity contribution is -0.298. The second kappa shape index (κ2) is 14.6. The van der Waals surface area contributed by atoms with Gasteiger partial charge in [-0.2, -0.15) is 0 Å². The molecule has 1 saturated heterocycles. The summed E-state index contributed by atoms with van der Waals surface area (Å²) in [7, 11) is 0. The van der Waals surface area contributed by atoms with E-state index in [1.165, 1.54) is 20.8 Å². The molecule has 0 spiro atoms. The van der Waals surface area contributed by atoms with Crippen LogP contribution in [0.25, 0.3) is 0 Å². The summed E-state index contributed by atoms with van der Waals surface area (Å²) in [6, 6.07) is 13.5. The molecule has 1 aliphatic heterocycles. The van der Waals surface area contributed by atoms with Gasteiger partial charge in [0.15, 0.2) is 12.2 Å². The van der Waals surface area contributed by atoms with Crippen molar-refractivity contribution in [2.24, 2.45) is 0 Å². The summed E-state index contributed by atoms with van der Waals surface area (Å²) < 4.78 is 33.7. The Labute approximate surface area is 240 Å². The molecule has 10 nitrogen and oxygen atoms in total. The van der Waals surface area contributed by atoms with Crippen molar-refractivity contribution in [3.05, 3.63) is 64.7 Å². The summed E-state index contributed by atoms with van der Waals surface area (Å²) in [6.45, 7) is 9.46. The fraction of sp³-hybridized carbons (Fsp3) is 0.484. The molecule has 3 rings (SSSR count). The number of rotatable bonds is 11. The standard InChI is InChI=1S/C31H38O10/c1-7-8-15-36-26-13-10-23(11-14-26)16-25-17-24(12-9-18(25)2)27-28(37-19(3)32)29(38-20(4)33)30(39-21(5)34)31(41-27)40-22(6)35/h9-14,17,27-31H,7-8,15-16H2,1-6H3/t27-,28-,29+,30-,31?/m0/s1. The third kappa shape index (κ3) is 9.04. The minimum Gasteiger partial charge on any atom is -0.494 e. The third-order valence-electron chi connectivity index (χ3n) is 6.47. The van der Waals surface area contributed by atoms with Crippen LogP contribution in [-0.4, -0.2) is 55.1 Å². The van der Waals surface area contributed by atoms with Crippen molar-refractivity contribution in [3.63, 3.8) is 0 Å². The molecule has 0 N–H and O–H groups in total. The highest BCUT2D eigenvalue weighted by Gasteiger charge is 2.53. The zero-order valence-electron chi connectivity index (χ0n) is 24.3. The number of aryl methyl sites for hydroxylation is 1. The molecular formula is C31H38O10. The highest BCUT2D eigenvalue weighted by molar-refractivity contribution is 5.69. The topological polar surface area (TPSA) is 124 Å². The Morgan fingerprint density at radius 3 is 1.93 bits per heavy atom. The van der Waals surface area contributed by atoms with E-state index in [2.05, 4.69) is 6.92 Å². The molecular weight excluding hydrogens is 532 g/mol. The normalized spacial score (nSPS) is 21.9. The Morgan fingerprint density at radius 1 is 0.756 bits per heavy atom.